The number of amides is 1. The number of nitrogens with one attached hydrogen (secondary N) is 1. The van der Waals surface area contributed by atoms with Crippen LogP contribution in [0.2, 0.25) is 0 Å². The summed E-state index contributed by atoms with van der Waals surface area (Å²) in [5, 5.41) is 2.84. The van der Waals surface area contributed by atoms with E-state index in [1.54, 1.807) is 28.6 Å². The highest BCUT2D eigenvalue weighted by Crippen LogP contribution is 2.27. The first-order valence-electron chi connectivity index (χ1n) is 10.1. The minimum absolute atomic E-state index is 0.135. The fourth-order valence-corrected chi connectivity index (χ4v) is 5.56. The maximum Gasteiger partial charge on any atom is 0.243 e. The molecule has 7 heteroatoms. The quantitative estimate of drug-likeness (QED) is 0.815. The van der Waals surface area contributed by atoms with Crippen LogP contribution >= 0.6 is 0 Å². The number of ether oxygens (including phenoxy) is 1. The van der Waals surface area contributed by atoms with Gasteiger partial charge in [0, 0.05) is 25.2 Å². The van der Waals surface area contributed by atoms with Gasteiger partial charge >= 0.3 is 0 Å². The number of nitrogens with zero attached hydrogens (tertiary/aromatic N) is 1. The lowest BCUT2D eigenvalue weighted by Gasteiger charge is -2.30. The van der Waals surface area contributed by atoms with Gasteiger partial charge in [0.25, 0.3) is 0 Å². The number of carbonyl (C=O) groups excluding carboxylic acids is 1. The molecule has 1 fully saturated rings. The second-order valence-electron chi connectivity index (χ2n) is 7.90. The van der Waals surface area contributed by atoms with Crippen LogP contribution in [0.4, 0.5) is 5.69 Å². The molecule has 2 aliphatic heterocycles. The first kappa shape index (κ1) is 19.9. The molecule has 0 aromatic heterocycles. The van der Waals surface area contributed by atoms with Crippen LogP contribution in [-0.2, 0) is 27.7 Å². The summed E-state index contributed by atoms with van der Waals surface area (Å²) in [5.41, 5.74) is 2.66. The normalized spacial score (nSPS) is 19.4. The van der Waals surface area contributed by atoms with Gasteiger partial charge in [-0.25, -0.2) is 8.42 Å². The molecule has 1 unspecified atom stereocenters. The lowest BCUT2D eigenvalue weighted by Crippen LogP contribution is -2.39. The summed E-state index contributed by atoms with van der Waals surface area (Å²) in [6.45, 7) is 3.90. The molecule has 4 rings (SSSR count). The molecule has 1 saturated heterocycles. The van der Waals surface area contributed by atoms with Crippen molar-refractivity contribution >= 4 is 21.6 Å². The Morgan fingerprint density at radius 1 is 1.21 bits per heavy atom. The van der Waals surface area contributed by atoms with E-state index in [0.717, 1.165) is 36.1 Å². The number of hydrogen-bond donors (Lipinski definition) is 1. The number of carbonyl (C=O) groups is 1. The lowest BCUT2D eigenvalue weighted by molar-refractivity contribution is -0.115. The number of piperidine rings is 1. The standard InChI is InChI=1S/C22H26N2O4S/c1-16-3-2-11-24(15-16)29(26,27)20-7-5-19(6-8-20)23-22(25)14-17-4-9-21-18(13-17)10-12-28-21/h4-9,13,16H,2-3,10-12,14-15H2,1H3,(H,23,25). The molecule has 2 aromatic carbocycles. The minimum atomic E-state index is -3.49. The van der Waals surface area contributed by atoms with Gasteiger partial charge < -0.3 is 10.1 Å². The number of rotatable bonds is 5. The Bertz CT molecular complexity index is 1000. The molecule has 2 heterocycles. The van der Waals surface area contributed by atoms with Gasteiger partial charge in [-0.2, -0.15) is 4.31 Å². The van der Waals surface area contributed by atoms with E-state index in [-0.39, 0.29) is 17.2 Å². The van der Waals surface area contributed by atoms with Crippen molar-refractivity contribution in [1.29, 1.82) is 0 Å². The van der Waals surface area contributed by atoms with Gasteiger partial charge in [-0.3, -0.25) is 4.79 Å². The summed E-state index contributed by atoms with van der Waals surface area (Å²) in [4.78, 5) is 12.6. The van der Waals surface area contributed by atoms with Crippen LogP contribution in [0.1, 0.15) is 30.9 Å². The number of fused-ring (bicyclic) bond motifs is 1. The highest BCUT2D eigenvalue weighted by molar-refractivity contribution is 7.89. The van der Waals surface area contributed by atoms with Crippen molar-refractivity contribution in [3.63, 3.8) is 0 Å². The van der Waals surface area contributed by atoms with Crippen molar-refractivity contribution in [2.24, 2.45) is 5.92 Å². The number of hydrogen-bond acceptors (Lipinski definition) is 4. The fourth-order valence-electron chi connectivity index (χ4n) is 3.96. The van der Waals surface area contributed by atoms with Crippen LogP contribution in [-0.4, -0.2) is 38.3 Å². The van der Waals surface area contributed by atoms with Gasteiger partial charge in [-0.15, -0.1) is 0 Å². The van der Waals surface area contributed by atoms with Crippen LogP contribution in [0.25, 0.3) is 0 Å². The average molecular weight is 415 g/mol. The number of anilines is 1. The Kier molecular flexibility index (Phi) is 5.61. The molecule has 0 radical (unpaired) electrons. The molecular formula is C22H26N2O4S. The molecular weight excluding hydrogens is 388 g/mol. The monoisotopic (exact) mass is 414 g/mol. The van der Waals surface area contributed by atoms with E-state index in [0.29, 0.717) is 31.3 Å². The van der Waals surface area contributed by atoms with E-state index < -0.39 is 10.0 Å². The molecule has 1 atom stereocenters. The van der Waals surface area contributed by atoms with Crippen molar-refractivity contribution in [2.75, 3.05) is 25.0 Å². The third kappa shape index (κ3) is 4.46. The second-order valence-corrected chi connectivity index (χ2v) is 9.84. The minimum Gasteiger partial charge on any atom is -0.493 e. The topological polar surface area (TPSA) is 75.7 Å². The highest BCUT2D eigenvalue weighted by Gasteiger charge is 2.28. The summed E-state index contributed by atoms with van der Waals surface area (Å²) in [6.07, 6.45) is 3.09. The van der Waals surface area contributed by atoms with Crippen molar-refractivity contribution in [3.05, 3.63) is 53.6 Å². The van der Waals surface area contributed by atoms with Crippen LogP contribution in [0, 0.1) is 5.92 Å². The van der Waals surface area contributed by atoms with Gasteiger partial charge in [0.15, 0.2) is 0 Å². The van der Waals surface area contributed by atoms with Gasteiger partial charge in [-0.1, -0.05) is 19.1 Å². The summed E-state index contributed by atoms with van der Waals surface area (Å²) in [6, 6.07) is 12.2. The lowest BCUT2D eigenvalue weighted by atomic mass is 10.0. The zero-order chi connectivity index (χ0) is 20.4. The summed E-state index contributed by atoms with van der Waals surface area (Å²) in [7, 11) is -3.49. The van der Waals surface area contributed by atoms with Crippen molar-refractivity contribution < 1.29 is 17.9 Å². The van der Waals surface area contributed by atoms with Gasteiger partial charge in [-0.05, 0) is 60.2 Å². The number of benzene rings is 2. The molecule has 29 heavy (non-hydrogen) atoms. The predicted octanol–water partition coefficient (Wildman–Crippen LogP) is 3.22. The Morgan fingerprint density at radius 2 is 2.00 bits per heavy atom. The van der Waals surface area contributed by atoms with E-state index >= 15 is 0 Å². The maximum atomic E-state index is 12.8. The first-order valence-corrected chi connectivity index (χ1v) is 11.5. The molecule has 0 saturated carbocycles. The van der Waals surface area contributed by atoms with E-state index in [9.17, 15) is 13.2 Å². The molecule has 1 N–H and O–H groups in total. The third-order valence-corrected chi connectivity index (χ3v) is 7.39. The molecule has 2 aromatic rings. The SMILES string of the molecule is CC1CCCN(S(=O)(=O)c2ccc(NC(=O)Cc3ccc4c(c3)CCO4)cc2)C1. The zero-order valence-electron chi connectivity index (χ0n) is 16.6. The van der Waals surface area contributed by atoms with Crippen molar-refractivity contribution in [1.82, 2.24) is 4.31 Å². The molecule has 0 spiro atoms. The summed E-state index contributed by atoms with van der Waals surface area (Å²) < 4.78 is 32.7. The Balaban J connectivity index is 1.39. The molecule has 6 nitrogen and oxygen atoms in total. The third-order valence-electron chi connectivity index (χ3n) is 5.51. The largest absolute Gasteiger partial charge is 0.493 e. The smallest absolute Gasteiger partial charge is 0.243 e. The van der Waals surface area contributed by atoms with Crippen molar-refractivity contribution in [2.45, 2.75) is 37.5 Å². The Morgan fingerprint density at radius 3 is 2.76 bits per heavy atom. The maximum absolute atomic E-state index is 12.8. The van der Waals surface area contributed by atoms with E-state index in [1.165, 1.54) is 0 Å². The van der Waals surface area contributed by atoms with Gasteiger partial charge in [0.1, 0.15) is 5.75 Å². The molecule has 1 amide bonds. The number of sulfonamides is 1. The molecule has 0 bridgehead atoms. The molecule has 2 aliphatic rings. The van der Waals surface area contributed by atoms with Crippen LogP contribution in [0.5, 0.6) is 5.75 Å². The second kappa shape index (κ2) is 8.16. The summed E-state index contributed by atoms with van der Waals surface area (Å²) in [5.74, 6) is 1.14. The van der Waals surface area contributed by atoms with E-state index in [1.807, 2.05) is 18.2 Å². The Labute approximate surface area is 171 Å². The fraction of sp³-hybridized carbons (Fsp3) is 0.409. The molecule has 154 valence electrons. The molecule has 0 aliphatic carbocycles. The summed E-state index contributed by atoms with van der Waals surface area (Å²) >= 11 is 0. The zero-order valence-corrected chi connectivity index (χ0v) is 17.4. The van der Waals surface area contributed by atoms with Crippen LogP contribution < -0.4 is 10.1 Å². The van der Waals surface area contributed by atoms with Crippen LogP contribution in [0.3, 0.4) is 0 Å². The van der Waals surface area contributed by atoms with Crippen LogP contribution in [0.15, 0.2) is 47.4 Å². The first-order chi connectivity index (χ1) is 13.9. The van der Waals surface area contributed by atoms with Crippen molar-refractivity contribution in [3.8, 4) is 5.75 Å². The van der Waals surface area contributed by atoms with E-state index in [2.05, 4.69) is 12.2 Å². The Hall–Kier alpha value is -2.38. The highest BCUT2D eigenvalue weighted by atomic mass is 32.2. The van der Waals surface area contributed by atoms with Gasteiger partial charge in [0.05, 0.1) is 17.9 Å². The average Bonchev–Trinajstić information content (AvgIpc) is 3.16. The van der Waals surface area contributed by atoms with E-state index in [4.69, 9.17) is 4.74 Å². The predicted molar refractivity (Wildman–Crippen MR) is 112 cm³/mol. The van der Waals surface area contributed by atoms with Gasteiger partial charge in [0.2, 0.25) is 15.9 Å².